The van der Waals surface area contributed by atoms with Crippen LogP contribution in [0.15, 0.2) is 84.9 Å². The average Bonchev–Trinajstić information content (AvgIpc) is 2.61. The van der Waals surface area contributed by atoms with Crippen LogP contribution >= 0.6 is 0 Å². The van der Waals surface area contributed by atoms with Gasteiger partial charge in [0.25, 0.3) is 0 Å². The molecular formula is C23H25N. The molecule has 0 aromatic heterocycles. The van der Waals surface area contributed by atoms with Crippen LogP contribution in [0.3, 0.4) is 0 Å². The lowest BCUT2D eigenvalue weighted by Gasteiger charge is -2.24. The van der Waals surface area contributed by atoms with Crippen molar-refractivity contribution in [1.29, 1.82) is 0 Å². The van der Waals surface area contributed by atoms with Gasteiger partial charge in [0.2, 0.25) is 0 Å². The van der Waals surface area contributed by atoms with Gasteiger partial charge in [0.1, 0.15) is 0 Å². The van der Waals surface area contributed by atoms with Gasteiger partial charge in [-0.2, -0.15) is 0 Å². The first-order valence-corrected chi connectivity index (χ1v) is 8.64. The first-order valence-electron chi connectivity index (χ1n) is 8.64. The molecule has 0 bridgehead atoms. The van der Waals surface area contributed by atoms with Crippen LogP contribution in [0.5, 0.6) is 0 Å². The second-order valence-corrected chi connectivity index (χ2v) is 6.52. The van der Waals surface area contributed by atoms with E-state index in [4.69, 9.17) is 0 Å². The Hall–Kier alpha value is -2.38. The van der Waals surface area contributed by atoms with Crippen LogP contribution in [0.25, 0.3) is 0 Å². The van der Waals surface area contributed by atoms with Gasteiger partial charge in [-0.1, -0.05) is 90.5 Å². The van der Waals surface area contributed by atoms with E-state index in [-0.39, 0.29) is 6.04 Å². The molecule has 0 amide bonds. The molecule has 3 rings (SSSR count). The normalized spacial score (nSPS) is 12.3. The van der Waals surface area contributed by atoms with Gasteiger partial charge in [0.15, 0.2) is 0 Å². The highest BCUT2D eigenvalue weighted by Gasteiger charge is 2.16. The molecule has 1 unspecified atom stereocenters. The summed E-state index contributed by atoms with van der Waals surface area (Å²) in [6.45, 7) is 4.42. The molecule has 0 heterocycles. The SMILES string of the molecule is Cc1cccc(CC(C)NC(c2ccccc2)c2ccccc2)c1. The Kier molecular flexibility index (Phi) is 5.45. The van der Waals surface area contributed by atoms with Gasteiger partial charge in [-0.15, -0.1) is 0 Å². The van der Waals surface area contributed by atoms with E-state index < -0.39 is 0 Å². The van der Waals surface area contributed by atoms with E-state index in [1.54, 1.807) is 0 Å². The van der Waals surface area contributed by atoms with Gasteiger partial charge < -0.3 is 5.32 Å². The average molecular weight is 315 g/mol. The minimum atomic E-state index is 0.215. The van der Waals surface area contributed by atoms with Crippen molar-refractivity contribution >= 4 is 0 Å². The van der Waals surface area contributed by atoms with Crippen LogP contribution in [-0.4, -0.2) is 6.04 Å². The van der Waals surface area contributed by atoms with Gasteiger partial charge in [0.05, 0.1) is 6.04 Å². The molecular weight excluding hydrogens is 290 g/mol. The molecule has 0 aliphatic rings. The van der Waals surface area contributed by atoms with Crippen molar-refractivity contribution in [3.63, 3.8) is 0 Å². The summed E-state index contributed by atoms with van der Waals surface area (Å²) in [6.07, 6.45) is 1.03. The Morgan fingerprint density at radius 1 is 0.750 bits per heavy atom. The van der Waals surface area contributed by atoms with E-state index in [9.17, 15) is 0 Å². The highest BCUT2D eigenvalue weighted by atomic mass is 14.9. The van der Waals surface area contributed by atoms with E-state index >= 15 is 0 Å². The van der Waals surface area contributed by atoms with Gasteiger partial charge in [-0.3, -0.25) is 0 Å². The molecule has 0 fully saturated rings. The molecule has 0 spiro atoms. The van der Waals surface area contributed by atoms with Crippen molar-refractivity contribution in [2.24, 2.45) is 0 Å². The maximum absolute atomic E-state index is 3.82. The molecule has 0 saturated heterocycles. The molecule has 0 saturated carbocycles. The van der Waals surface area contributed by atoms with Crippen LogP contribution in [0.4, 0.5) is 0 Å². The van der Waals surface area contributed by atoms with Crippen molar-refractivity contribution in [2.45, 2.75) is 32.4 Å². The lowest BCUT2D eigenvalue weighted by atomic mass is 9.96. The molecule has 24 heavy (non-hydrogen) atoms. The third-order valence-electron chi connectivity index (χ3n) is 4.34. The van der Waals surface area contributed by atoms with E-state index in [2.05, 4.69) is 104 Å². The van der Waals surface area contributed by atoms with Crippen molar-refractivity contribution in [1.82, 2.24) is 5.32 Å². The topological polar surface area (TPSA) is 12.0 Å². The zero-order valence-corrected chi connectivity index (χ0v) is 14.4. The number of hydrogen-bond acceptors (Lipinski definition) is 1. The minimum Gasteiger partial charge on any atom is -0.303 e. The molecule has 0 aliphatic carbocycles. The molecule has 1 N–H and O–H groups in total. The fourth-order valence-electron chi connectivity index (χ4n) is 3.21. The summed E-state index contributed by atoms with van der Waals surface area (Å²) < 4.78 is 0. The van der Waals surface area contributed by atoms with Crippen LogP contribution in [0.1, 0.15) is 35.2 Å². The fourth-order valence-corrected chi connectivity index (χ4v) is 3.21. The van der Waals surface area contributed by atoms with Crippen LogP contribution < -0.4 is 5.32 Å². The summed E-state index contributed by atoms with van der Waals surface area (Å²) in [7, 11) is 0. The van der Waals surface area contributed by atoms with E-state index in [1.807, 2.05) is 0 Å². The second-order valence-electron chi connectivity index (χ2n) is 6.52. The summed E-state index contributed by atoms with van der Waals surface area (Å²) in [5, 5.41) is 3.82. The standard InChI is InChI=1S/C23H25N/c1-18-10-9-11-20(16-18)17-19(2)24-23(21-12-5-3-6-13-21)22-14-7-4-8-15-22/h3-16,19,23-24H,17H2,1-2H3. The molecule has 122 valence electrons. The quantitative estimate of drug-likeness (QED) is 0.650. The van der Waals surface area contributed by atoms with Gasteiger partial charge in [0, 0.05) is 6.04 Å². The van der Waals surface area contributed by atoms with Crippen molar-refractivity contribution in [2.75, 3.05) is 0 Å². The van der Waals surface area contributed by atoms with Crippen molar-refractivity contribution in [3.8, 4) is 0 Å². The van der Waals surface area contributed by atoms with E-state index in [0.29, 0.717) is 6.04 Å². The molecule has 1 nitrogen and oxygen atoms in total. The summed E-state index contributed by atoms with van der Waals surface area (Å²) in [5.74, 6) is 0. The molecule has 0 aliphatic heterocycles. The highest BCUT2D eigenvalue weighted by Crippen LogP contribution is 2.23. The van der Waals surface area contributed by atoms with Gasteiger partial charge in [-0.25, -0.2) is 0 Å². The first kappa shape index (κ1) is 16.5. The van der Waals surface area contributed by atoms with E-state index in [1.165, 1.54) is 22.3 Å². The molecule has 3 aromatic carbocycles. The predicted molar refractivity (Wildman–Crippen MR) is 102 cm³/mol. The lowest BCUT2D eigenvalue weighted by molar-refractivity contribution is 0.496. The number of hydrogen-bond donors (Lipinski definition) is 1. The van der Waals surface area contributed by atoms with Crippen LogP contribution in [0, 0.1) is 6.92 Å². The maximum Gasteiger partial charge on any atom is 0.0578 e. The molecule has 3 aromatic rings. The molecule has 0 radical (unpaired) electrons. The molecule has 1 heteroatoms. The first-order chi connectivity index (χ1) is 11.7. The van der Waals surface area contributed by atoms with E-state index in [0.717, 1.165) is 6.42 Å². The maximum atomic E-state index is 3.82. The van der Waals surface area contributed by atoms with Crippen LogP contribution in [0.2, 0.25) is 0 Å². The Bertz CT molecular complexity index is 710. The number of aryl methyl sites for hydroxylation is 1. The number of rotatable bonds is 6. The van der Waals surface area contributed by atoms with Crippen molar-refractivity contribution in [3.05, 3.63) is 107 Å². The zero-order valence-electron chi connectivity index (χ0n) is 14.4. The smallest absolute Gasteiger partial charge is 0.0578 e. The second kappa shape index (κ2) is 7.94. The minimum absolute atomic E-state index is 0.215. The third-order valence-corrected chi connectivity index (χ3v) is 4.34. The lowest BCUT2D eigenvalue weighted by Crippen LogP contribution is -2.32. The highest BCUT2D eigenvalue weighted by molar-refractivity contribution is 5.32. The zero-order chi connectivity index (χ0) is 16.8. The monoisotopic (exact) mass is 315 g/mol. The summed E-state index contributed by atoms with van der Waals surface area (Å²) in [6, 6.07) is 30.8. The Morgan fingerprint density at radius 3 is 1.88 bits per heavy atom. The Morgan fingerprint density at radius 2 is 1.33 bits per heavy atom. The predicted octanol–water partition coefficient (Wildman–Crippen LogP) is 5.31. The molecule has 1 atom stereocenters. The fraction of sp³-hybridized carbons (Fsp3) is 0.217. The van der Waals surface area contributed by atoms with Gasteiger partial charge >= 0.3 is 0 Å². The number of nitrogens with one attached hydrogen (secondary N) is 1. The number of benzene rings is 3. The van der Waals surface area contributed by atoms with Gasteiger partial charge in [-0.05, 0) is 37.0 Å². The van der Waals surface area contributed by atoms with Crippen molar-refractivity contribution < 1.29 is 0 Å². The summed E-state index contributed by atoms with van der Waals surface area (Å²) >= 11 is 0. The summed E-state index contributed by atoms with van der Waals surface area (Å²) in [5.41, 5.74) is 5.32. The Balaban J connectivity index is 1.79. The van der Waals surface area contributed by atoms with Crippen LogP contribution in [-0.2, 0) is 6.42 Å². The largest absolute Gasteiger partial charge is 0.303 e. The third kappa shape index (κ3) is 4.33. The Labute approximate surface area is 145 Å². The summed E-state index contributed by atoms with van der Waals surface area (Å²) in [4.78, 5) is 0.